The Morgan fingerprint density at radius 1 is 0.475 bits per heavy atom. The second-order valence-corrected chi connectivity index (χ2v) is 12.6. The summed E-state index contributed by atoms with van der Waals surface area (Å²) in [4.78, 5) is 0. The predicted octanol–water partition coefficient (Wildman–Crippen LogP) is 13.7. The van der Waals surface area contributed by atoms with Gasteiger partial charge in [0.05, 0.1) is 0 Å². The first-order valence-electron chi connectivity index (χ1n) is 15.9. The normalized spacial score (nSPS) is 14.8. The van der Waals surface area contributed by atoms with E-state index >= 15 is 0 Å². The van der Waals surface area contributed by atoms with Crippen molar-refractivity contribution in [2.75, 3.05) is 0 Å². The third-order valence-electron chi connectivity index (χ3n) is 7.13. The van der Waals surface area contributed by atoms with Crippen LogP contribution in [0.15, 0.2) is 106 Å². The maximum absolute atomic E-state index is 2.45. The molecule has 0 fully saturated rings. The fourth-order valence-electron chi connectivity index (χ4n) is 4.34. The Morgan fingerprint density at radius 3 is 1.40 bits per heavy atom. The Labute approximate surface area is 251 Å². The first-order valence-corrected chi connectivity index (χ1v) is 15.9. The Bertz CT molecular complexity index is 956. The number of hydrogen-bond donors (Lipinski definition) is 0. The van der Waals surface area contributed by atoms with Gasteiger partial charge in [0.2, 0.25) is 0 Å². The molecule has 0 aliphatic rings. The van der Waals surface area contributed by atoms with Crippen molar-refractivity contribution in [3.8, 4) is 0 Å². The molecule has 0 nitrogen and oxygen atoms in total. The lowest BCUT2D eigenvalue weighted by molar-refractivity contribution is 0.554. The lowest BCUT2D eigenvalue weighted by atomic mass is 10.0. The Kier molecular flexibility index (Phi) is 23.0. The molecule has 0 atom stereocenters. The molecular weight excluding hydrogens is 480 g/mol. The van der Waals surface area contributed by atoms with Crippen molar-refractivity contribution < 1.29 is 0 Å². The van der Waals surface area contributed by atoms with E-state index in [2.05, 4.69) is 136 Å². The molecule has 0 heterocycles. The third kappa shape index (κ3) is 25.9. The molecule has 0 heteroatoms. The highest BCUT2D eigenvalue weighted by molar-refractivity contribution is 5.27. The van der Waals surface area contributed by atoms with Gasteiger partial charge in [0.15, 0.2) is 0 Å². The van der Waals surface area contributed by atoms with Crippen LogP contribution >= 0.6 is 0 Å². The summed E-state index contributed by atoms with van der Waals surface area (Å²) < 4.78 is 0. The van der Waals surface area contributed by atoms with Gasteiger partial charge in [-0.15, -0.1) is 0 Å². The molecule has 0 rings (SSSR count). The van der Waals surface area contributed by atoms with E-state index in [0.717, 1.165) is 38.0 Å². The van der Waals surface area contributed by atoms with Crippen molar-refractivity contribution in [2.45, 2.75) is 140 Å². The van der Waals surface area contributed by atoms with E-state index in [-0.39, 0.29) is 0 Å². The highest BCUT2D eigenvalue weighted by Gasteiger charge is 1.96. The average molecular weight is 545 g/mol. The summed E-state index contributed by atoms with van der Waals surface area (Å²) in [5.74, 6) is 0.820. The van der Waals surface area contributed by atoms with Crippen LogP contribution < -0.4 is 0 Å². The van der Waals surface area contributed by atoms with Crippen LogP contribution in [0.2, 0.25) is 0 Å². The minimum Gasteiger partial charge on any atom is -0.0856 e. The molecule has 0 bridgehead atoms. The van der Waals surface area contributed by atoms with Crippen LogP contribution in [-0.2, 0) is 0 Å². The zero-order valence-corrected chi connectivity index (χ0v) is 28.2. The van der Waals surface area contributed by atoms with E-state index in [0.29, 0.717) is 0 Å². The lowest BCUT2D eigenvalue weighted by Crippen LogP contribution is -1.88. The van der Waals surface area contributed by atoms with E-state index in [1.54, 1.807) is 5.57 Å². The fourth-order valence-corrected chi connectivity index (χ4v) is 4.34. The molecule has 0 saturated carbocycles. The van der Waals surface area contributed by atoms with Gasteiger partial charge < -0.3 is 0 Å². The van der Waals surface area contributed by atoms with Crippen LogP contribution in [0.3, 0.4) is 0 Å². The SMILES string of the molecule is CC(C)=CCC/C(C)=C/CC/C(C)=C/C=C/C(C)=C/C=C/C=C(\C)CC/C=C(\C)CC/C=C(\C)CCCC(C)C. The molecule has 224 valence electrons. The molecule has 0 N–H and O–H groups in total. The van der Waals surface area contributed by atoms with Gasteiger partial charge in [-0.05, 0) is 126 Å². The summed E-state index contributed by atoms with van der Waals surface area (Å²) in [6, 6.07) is 0. The fraction of sp³-hybridized carbons (Fsp3) is 0.550. The van der Waals surface area contributed by atoms with Gasteiger partial charge >= 0.3 is 0 Å². The molecule has 0 unspecified atom stereocenters. The molecule has 40 heavy (non-hydrogen) atoms. The molecule has 0 aliphatic carbocycles. The maximum Gasteiger partial charge on any atom is -0.0285 e. The molecule has 0 aromatic carbocycles. The van der Waals surface area contributed by atoms with Crippen molar-refractivity contribution in [1.29, 1.82) is 0 Å². The van der Waals surface area contributed by atoms with E-state index in [1.165, 1.54) is 72.0 Å². The maximum atomic E-state index is 2.45. The largest absolute Gasteiger partial charge is 0.0856 e. The number of rotatable bonds is 20. The molecular formula is C40H64. The van der Waals surface area contributed by atoms with Crippen molar-refractivity contribution in [3.05, 3.63) is 106 Å². The number of hydrogen-bond acceptors (Lipinski definition) is 0. The van der Waals surface area contributed by atoms with E-state index in [1.807, 2.05) is 0 Å². The van der Waals surface area contributed by atoms with Gasteiger partial charge in [0.1, 0.15) is 0 Å². The third-order valence-corrected chi connectivity index (χ3v) is 7.13. The molecule has 0 radical (unpaired) electrons. The first kappa shape index (κ1) is 37.7. The molecule has 0 aromatic rings. The van der Waals surface area contributed by atoms with Gasteiger partial charge in [-0.25, -0.2) is 0 Å². The smallest absolute Gasteiger partial charge is 0.0285 e. The predicted molar refractivity (Wildman–Crippen MR) is 186 cm³/mol. The standard InChI is InChI=1S/C40H64/c1-33(2)19-13-23-37(7)27-17-31-39(9)29-15-25-35(5)21-11-12-22-36(6)26-16-30-40(10)32-18-28-38(8)24-14-20-34(3)4/h11-12,15,19,21-22,25,27-30,34H,13-14,16-18,20,23-24,26,31-32H2,1-10H3/b12-11+,25-15+,35-21+,36-22+,37-27+,38-28+,39-29+,40-30+. The van der Waals surface area contributed by atoms with E-state index in [9.17, 15) is 0 Å². The monoisotopic (exact) mass is 545 g/mol. The minimum atomic E-state index is 0.820. The summed E-state index contributed by atoms with van der Waals surface area (Å²) >= 11 is 0. The summed E-state index contributed by atoms with van der Waals surface area (Å²) in [7, 11) is 0. The summed E-state index contributed by atoms with van der Waals surface area (Å²) in [5, 5.41) is 0. The van der Waals surface area contributed by atoms with Crippen molar-refractivity contribution in [2.24, 2.45) is 5.92 Å². The Balaban J connectivity index is 4.36. The van der Waals surface area contributed by atoms with Crippen LogP contribution in [0.5, 0.6) is 0 Å². The van der Waals surface area contributed by atoms with Crippen LogP contribution in [0.4, 0.5) is 0 Å². The second-order valence-electron chi connectivity index (χ2n) is 12.6. The van der Waals surface area contributed by atoms with E-state index < -0.39 is 0 Å². The summed E-state index contributed by atoms with van der Waals surface area (Å²) in [6.07, 6.45) is 38.1. The number of allylic oxidation sites excluding steroid dienone is 18. The van der Waals surface area contributed by atoms with Crippen molar-refractivity contribution >= 4 is 0 Å². The average Bonchev–Trinajstić information content (AvgIpc) is 2.86. The topological polar surface area (TPSA) is 0 Å². The van der Waals surface area contributed by atoms with E-state index in [4.69, 9.17) is 0 Å². The zero-order chi connectivity index (χ0) is 30.2. The van der Waals surface area contributed by atoms with Gasteiger partial charge in [-0.3, -0.25) is 0 Å². The van der Waals surface area contributed by atoms with Crippen LogP contribution in [0, 0.1) is 5.92 Å². The summed E-state index contributed by atoms with van der Waals surface area (Å²) in [5.41, 5.74) is 10.1. The molecule has 0 spiro atoms. The highest BCUT2D eigenvalue weighted by atomic mass is 14.0. The Morgan fingerprint density at radius 2 is 0.900 bits per heavy atom. The molecule has 0 aromatic heterocycles. The van der Waals surface area contributed by atoms with Crippen LogP contribution in [0.25, 0.3) is 0 Å². The molecule has 0 saturated heterocycles. The molecule has 0 amide bonds. The second kappa shape index (κ2) is 24.5. The van der Waals surface area contributed by atoms with Gasteiger partial charge in [0.25, 0.3) is 0 Å². The van der Waals surface area contributed by atoms with Crippen LogP contribution in [-0.4, -0.2) is 0 Å². The quantitative estimate of drug-likeness (QED) is 0.106. The highest BCUT2D eigenvalue weighted by Crippen LogP contribution is 2.15. The Hall–Kier alpha value is -2.34. The summed E-state index contributed by atoms with van der Waals surface area (Å²) in [6.45, 7) is 22.4. The molecule has 0 aliphatic heterocycles. The van der Waals surface area contributed by atoms with Crippen LogP contribution in [0.1, 0.15) is 140 Å². The lowest BCUT2D eigenvalue weighted by Gasteiger charge is -2.05. The first-order chi connectivity index (χ1) is 19.0. The van der Waals surface area contributed by atoms with Crippen molar-refractivity contribution in [3.63, 3.8) is 0 Å². The zero-order valence-electron chi connectivity index (χ0n) is 28.2. The van der Waals surface area contributed by atoms with Crippen molar-refractivity contribution in [1.82, 2.24) is 0 Å². The van der Waals surface area contributed by atoms with Gasteiger partial charge in [0, 0.05) is 0 Å². The van der Waals surface area contributed by atoms with Gasteiger partial charge in [-0.2, -0.15) is 0 Å². The van der Waals surface area contributed by atoms with Gasteiger partial charge in [-0.1, -0.05) is 126 Å². The minimum absolute atomic E-state index is 0.820.